The Bertz CT molecular complexity index is 820. The molecule has 1 aromatic heterocycles. The van der Waals surface area contributed by atoms with Crippen molar-refractivity contribution in [2.45, 2.75) is 24.1 Å². The summed E-state index contributed by atoms with van der Waals surface area (Å²) in [7, 11) is -3.58. The Morgan fingerprint density at radius 2 is 2.17 bits per heavy atom. The zero-order chi connectivity index (χ0) is 16.6. The smallest absolute Gasteiger partial charge is 0.255 e. The highest BCUT2D eigenvalue weighted by molar-refractivity contribution is 7.91. The number of benzene rings is 1. The van der Waals surface area contributed by atoms with Gasteiger partial charge in [0.25, 0.3) is 10.0 Å². The number of halogens is 1. The second-order valence-corrected chi connectivity index (χ2v) is 9.22. The van der Waals surface area contributed by atoms with Gasteiger partial charge in [-0.25, -0.2) is 13.4 Å². The maximum atomic E-state index is 13.1. The van der Waals surface area contributed by atoms with Crippen LogP contribution in [-0.2, 0) is 10.0 Å². The summed E-state index contributed by atoms with van der Waals surface area (Å²) in [5, 5.41) is 4.63. The lowest BCUT2D eigenvalue weighted by Crippen LogP contribution is -2.48. The van der Waals surface area contributed by atoms with Gasteiger partial charge in [0, 0.05) is 24.7 Å². The highest BCUT2D eigenvalue weighted by Gasteiger charge is 2.36. The highest BCUT2D eigenvalue weighted by Crippen LogP contribution is 2.33. The standard InChI is InChI=1S/C15H18ClN3O2S2/c1-10-15(22-11(2)18-10)23(20,21)19-7-6-17-9-14(19)12-4-3-5-13(16)8-12/h3-5,8,14,17H,6-7,9H2,1-2H3. The van der Waals surface area contributed by atoms with Crippen LogP contribution < -0.4 is 5.32 Å². The van der Waals surface area contributed by atoms with Crippen LogP contribution in [0.4, 0.5) is 0 Å². The fourth-order valence-corrected chi connectivity index (χ4v) is 6.24. The molecular weight excluding hydrogens is 354 g/mol. The van der Waals surface area contributed by atoms with Gasteiger partial charge in [-0.1, -0.05) is 23.7 Å². The highest BCUT2D eigenvalue weighted by atomic mass is 35.5. The van der Waals surface area contributed by atoms with Crippen LogP contribution in [0.2, 0.25) is 5.02 Å². The average Bonchev–Trinajstić information content (AvgIpc) is 2.87. The van der Waals surface area contributed by atoms with Gasteiger partial charge in [-0.15, -0.1) is 11.3 Å². The van der Waals surface area contributed by atoms with E-state index in [1.165, 1.54) is 11.3 Å². The molecule has 8 heteroatoms. The van der Waals surface area contributed by atoms with Gasteiger partial charge in [0.1, 0.15) is 0 Å². The molecule has 1 aliphatic heterocycles. The van der Waals surface area contributed by atoms with E-state index < -0.39 is 10.0 Å². The van der Waals surface area contributed by atoms with Gasteiger partial charge in [-0.05, 0) is 31.5 Å². The van der Waals surface area contributed by atoms with Gasteiger partial charge < -0.3 is 5.32 Å². The van der Waals surface area contributed by atoms with Crippen molar-refractivity contribution < 1.29 is 8.42 Å². The molecule has 1 aliphatic rings. The quantitative estimate of drug-likeness (QED) is 0.901. The summed E-state index contributed by atoms with van der Waals surface area (Å²) in [6, 6.07) is 7.11. The van der Waals surface area contributed by atoms with Crippen LogP contribution in [0, 0.1) is 13.8 Å². The third-order valence-electron chi connectivity index (χ3n) is 3.83. The fourth-order valence-electron chi connectivity index (χ4n) is 2.83. The summed E-state index contributed by atoms with van der Waals surface area (Å²) in [4.78, 5) is 4.26. The Morgan fingerprint density at radius 3 is 2.83 bits per heavy atom. The minimum atomic E-state index is -3.58. The molecule has 1 saturated heterocycles. The van der Waals surface area contributed by atoms with Crippen LogP contribution in [0.1, 0.15) is 22.3 Å². The molecule has 1 aromatic carbocycles. The Kier molecular flexibility index (Phi) is 4.75. The summed E-state index contributed by atoms with van der Waals surface area (Å²) >= 11 is 7.30. The average molecular weight is 372 g/mol. The van der Waals surface area contributed by atoms with Crippen molar-refractivity contribution in [1.29, 1.82) is 0 Å². The van der Waals surface area contributed by atoms with Crippen molar-refractivity contribution in [3.8, 4) is 0 Å². The maximum absolute atomic E-state index is 13.1. The summed E-state index contributed by atoms with van der Waals surface area (Å²) in [6.07, 6.45) is 0. The number of aromatic nitrogens is 1. The molecule has 1 atom stereocenters. The molecule has 3 rings (SSSR count). The minimum Gasteiger partial charge on any atom is -0.313 e. The van der Waals surface area contributed by atoms with E-state index in [2.05, 4.69) is 10.3 Å². The maximum Gasteiger partial charge on any atom is 0.255 e. The first kappa shape index (κ1) is 16.9. The Morgan fingerprint density at radius 1 is 1.39 bits per heavy atom. The monoisotopic (exact) mass is 371 g/mol. The summed E-state index contributed by atoms with van der Waals surface area (Å²) in [5.74, 6) is 0. The lowest BCUT2D eigenvalue weighted by molar-refractivity contribution is 0.272. The lowest BCUT2D eigenvalue weighted by Gasteiger charge is -2.35. The number of nitrogens with one attached hydrogen (secondary N) is 1. The van der Waals surface area contributed by atoms with Crippen molar-refractivity contribution >= 4 is 33.0 Å². The lowest BCUT2D eigenvalue weighted by atomic mass is 10.1. The predicted molar refractivity (Wildman–Crippen MR) is 92.5 cm³/mol. The first-order valence-corrected chi connectivity index (χ1v) is 9.95. The first-order chi connectivity index (χ1) is 10.9. The van der Waals surface area contributed by atoms with E-state index in [4.69, 9.17) is 11.6 Å². The van der Waals surface area contributed by atoms with Crippen LogP contribution in [-0.4, -0.2) is 37.3 Å². The van der Waals surface area contributed by atoms with E-state index >= 15 is 0 Å². The molecule has 5 nitrogen and oxygen atoms in total. The van der Waals surface area contributed by atoms with Gasteiger partial charge in [0.05, 0.1) is 16.7 Å². The number of rotatable bonds is 3. The van der Waals surface area contributed by atoms with Crippen LogP contribution >= 0.6 is 22.9 Å². The van der Waals surface area contributed by atoms with Gasteiger partial charge >= 0.3 is 0 Å². The second kappa shape index (κ2) is 6.49. The second-order valence-electron chi connectivity index (χ2n) is 5.50. The molecule has 0 bridgehead atoms. The molecule has 0 amide bonds. The van der Waals surface area contributed by atoms with Crippen molar-refractivity contribution in [2.24, 2.45) is 0 Å². The SMILES string of the molecule is Cc1nc(C)c(S(=O)(=O)N2CCNCC2c2cccc(Cl)c2)s1. The van der Waals surface area contributed by atoms with Crippen molar-refractivity contribution in [2.75, 3.05) is 19.6 Å². The van der Waals surface area contributed by atoms with Gasteiger partial charge in [-0.3, -0.25) is 0 Å². The molecule has 1 fully saturated rings. The number of hydrogen-bond donors (Lipinski definition) is 1. The molecule has 2 heterocycles. The van der Waals surface area contributed by atoms with Crippen LogP contribution in [0.3, 0.4) is 0 Å². The molecule has 0 saturated carbocycles. The van der Waals surface area contributed by atoms with Crippen molar-refractivity contribution in [3.63, 3.8) is 0 Å². The van der Waals surface area contributed by atoms with E-state index in [0.29, 0.717) is 34.6 Å². The van der Waals surface area contributed by atoms with Crippen molar-refractivity contribution in [3.05, 3.63) is 45.6 Å². The normalized spacial score (nSPS) is 19.9. The van der Waals surface area contributed by atoms with E-state index in [1.807, 2.05) is 25.1 Å². The largest absolute Gasteiger partial charge is 0.313 e. The Balaban J connectivity index is 2.03. The first-order valence-electron chi connectivity index (χ1n) is 7.31. The minimum absolute atomic E-state index is 0.269. The zero-order valence-corrected chi connectivity index (χ0v) is 15.3. The third-order valence-corrected chi connectivity index (χ3v) is 7.63. The fraction of sp³-hybridized carbons (Fsp3) is 0.400. The predicted octanol–water partition coefficient (Wildman–Crippen LogP) is 2.75. The zero-order valence-electron chi connectivity index (χ0n) is 12.9. The summed E-state index contributed by atoms with van der Waals surface area (Å²) in [5.41, 5.74) is 1.46. The number of piperazine rings is 1. The van der Waals surface area contributed by atoms with E-state index in [-0.39, 0.29) is 6.04 Å². The molecule has 0 radical (unpaired) electrons. The summed E-state index contributed by atoms with van der Waals surface area (Å²) in [6.45, 7) is 5.19. The Hall–Kier alpha value is -0.990. The van der Waals surface area contributed by atoms with Gasteiger partial charge in [0.15, 0.2) is 4.21 Å². The third kappa shape index (κ3) is 3.29. The number of aryl methyl sites for hydroxylation is 2. The molecule has 124 valence electrons. The molecular formula is C15H18ClN3O2S2. The number of thiazole rings is 1. The Labute approximate surface area is 145 Å². The van der Waals surface area contributed by atoms with Crippen LogP contribution in [0.15, 0.2) is 28.5 Å². The van der Waals surface area contributed by atoms with Crippen molar-refractivity contribution in [1.82, 2.24) is 14.6 Å². The summed E-state index contributed by atoms with van der Waals surface area (Å²) < 4.78 is 28.2. The number of hydrogen-bond acceptors (Lipinski definition) is 5. The van der Waals surface area contributed by atoms with Crippen LogP contribution in [0.5, 0.6) is 0 Å². The van der Waals surface area contributed by atoms with Gasteiger partial charge in [-0.2, -0.15) is 4.31 Å². The molecule has 0 aliphatic carbocycles. The molecule has 1 N–H and O–H groups in total. The topological polar surface area (TPSA) is 62.3 Å². The van der Waals surface area contributed by atoms with Gasteiger partial charge in [0.2, 0.25) is 0 Å². The number of sulfonamides is 1. The molecule has 2 aromatic rings. The number of nitrogens with zero attached hydrogens (tertiary/aromatic N) is 2. The van der Waals surface area contributed by atoms with E-state index in [9.17, 15) is 8.42 Å². The van der Waals surface area contributed by atoms with E-state index in [0.717, 1.165) is 10.6 Å². The van der Waals surface area contributed by atoms with Crippen LogP contribution in [0.25, 0.3) is 0 Å². The molecule has 0 spiro atoms. The van der Waals surface area contributed by atoms with E-state index in [1.54, 1.807) is 17.3 Å². The molecule has 1 unspecified atom stereocenters. The molecule has 23 heavy (non-hydrogen) atoms.